The zero-order valence-corrected chi connectivity index (χ0v) is 14.6. The maximum Gasteiger partial charge on any atom is 0.246 e. The maximum absolute atomic E-state index is 12.5. The topological polar surface area (TPSA) is 98.8 Å². The summed E-state index contributed by atoms with van der Waals surface area (Å²) in [5.41, 5.74) is 8.56. The molecule has 0 fully saturated rings. The molecule has 0 saturated heterocycles. The van der Waals surface area contributed by atoms with Crippen molar-refractivity contribution in [3.05, 3.63) is 65.5 Å². The van der Waals surface area contributed by atoms with E-state index in [0.29, 0.717) is 11.1 Å². The Labute approximate surface area is 151 Å². The molecule has 2 aromatic heterocycles. The van der Waals surface area contributed by atoms with Crippen molar-refractivity contribution in [3.8, 4) is 6.07 Å². The third-order valence-electron chi connectivity index (χ3n) is 4.41. The molecule has 1 amide bonds. The number of nitrogens with two attached hydrogens (primary N) is 1. The summed E-state index contributed by atoms with van der Waals surface area (Å²) in [6, 6.07) is 13.5. The number of hydrogen-bond donors (Lipinski definition) is 2. The maximum atomic E-state index is 12.5. The lowest BCUT2D eigenvalue weighted by molar-refractivity contribution is -0.126. The molecule has 0 radical (unpaired) electrons. The predicted octanol–water partition coefficient (Wildman–Crippen LogP) is 3.25. The van der Waals surface area contributed by atoms with Gasteiger partial charge in [-0.25, -0.2) is 4.98 Å². The van der Waals surface area contributed by atoms with Crippen molar-refractivity contribution in [3.63, 3.8) is 0 Å². The Morgan fingerprint density at radius 3 is 2.88 bits per heavy atom. The molecule has 130 valence electrons. The zero-order chi connectivity index (χ0) is 18.7. The molecule has 3 rings (SSSR count). The summed E-state index contributed by atoms with van der Waals surface area (Å²) in [7, 11) is 1.75. The van der Waals surface area contributed by atoms with Crippen molar-refractivity contribution in [1.29, 1.82) is 5.26 Å². The average molecular weight is 345 g/mol. The van der Waals surface area contributed by atoms with Crippen LogP contribution in [0.5, 0.6) is 0 Å². The van der Waals surface area contributed by atoms with E-state index in [4.69, 9.17) is 11.0 Å². The van der Waals surface area contributed by atoms with Gasteiger partial charge in [0.1, 0.15) is 11.9 Å². The van der Waals surface area contributed by atoms with E-state index in [1.54, 1.807) is 24.1 Å². The number of aromatic amines is 1. The van der Waals surface area contributed by atoms with Crippen molar-refractivity contribution in [2.75, 3.05) is 12.8 Å². The normalized spacial score (nSPS) is 12.2. The van der Waals surface area contributed by atoms with Gasteiger partial charge in [0.2, 0.25) is 5.91 Å². The molecule has 1 aromatic carbocycles. The Kier molecular flexibility index (Phi) is 4.72. The first kappa shape index (κ1) is 17.2. The molecule has 6 nitrogen and oxygen atoms in total. The van der Waals surface area contributed by atoms with Crippen LogP contribution in [0, 0.1) is 11.3 Å². The van der Waals surface area contributed by atoms with Crippen LogP contribution in [0.1, 0.15) is 29.8 Å². The first-order valence-electron chi connectivity index (χ1n) is 8.17. The smallest absolute Gasteiger partial charge is 0.246 e. The molecule has 0 aliphatic rings. The molecule has 0 aliphatic carbocycles. The van der Waals surface area contributed by atoms with Gasteiger partial charge in [-0.2, -0.15) is 5.26 Å². The number of H-pyrrole nitrogens is 1. The van der Waals surface area contributed by atoms with Gasteiger partial charge in [0.05, 0.1) is 11.6 Å². The number of likely N-dealkylation sites (N-methyl/N-ethyl adjacent to an activating group) is 1. The number of fused-ring (bicyclic) bond motifs is 1. The molecule has 0 bridgehead atoms. The second kappa shape index (κ2) is 7.11. The van der Waals surface area contributed by atoms with E-state index in [-0.39, 0.29) is 17.8 Å². The first-order valence-corrected chi connectivity index (χ1v) is 8.17. The highest BCUT2D eigenvalue weighted by Gasteiger charge is 2.17. The number of anilines is 1. The number of hydrogen-bond acceptors (Lipinski definition) is 4. The first-order chi connectivity index (χ1) is 12.5. The van der Waals surface area contributed by atoms with Crippen LogP contribution in [-0.2, 0) is 4.79 Å². The Hall–Kier alpha value is -3.59. The molecule has 1 unspecified atom stereocenters. The van der Waals surface area contributed by atoms with Crippen molar-refractivity contribution < 1.29 is 4.79 Å². The number of nitrogens with one attached hydrogen (secondary N) is 1. The second-order valence-corrected chi connectivity index (χ2v) is 6.08. The van der Waals surface area contributed by atoms with E-state index in [1.165, 1.54) is 12.3 Å². The van der Waals surface area contributed by atoms with Gasteiger partial charge in [0.15, 0.2) is 0 Å². The fourth-order valence-corrected chi connectivity index (χ4v) is 2.68. The molecule has 0 aliphatic heterocycles. The SMILES string of the molecule is CC(c1cc2ccccc2[nH]1)N(C)C(=O)/C=C/c1cnc(N)c(C#N)c1. The van der Waals surface area contributed by atoms with Crippen LogP contribution in [0.15, 0.2) is 48.7 Å². The summed E-state index contributed by atoms with van der Waals surface area (Å²) in [5, 5.41) is 10.1. The molecule has 26 heavy (non-hydrogen) atoms. The number of benzene rings is 1. The molecular formula is C20H19N5O. The minimum Gasteiger partial charge on any atom is -0.383 e. The summed E-state index contributed by atoms with van der Waals surface area (Å²) in [5.74, 6) is 0.0343. The van der Waals surface area contributed by atoms with Crippen LogP contribution in [-0.4, -0.2) is 27.8 Å². The number of nitrogens with zero attached hydrogens (tertiary/aromatic N) is 3. The highest BCUT2D eigenvalue weighted by molar-refractivity contribution is 5.92. The van der Waals surface area contributed by atoms with Crippen LogP contribution >= 0.6 is 0 Å². The predicted molar refractivity (Wildman–Crippen MR) is 102 cm³/mol. The fraction of sp³-hybridized carbons (Fsp3) is 0.150. The Bertz CT molecular complexity index is 995. The number of carbonyl (C=O) groups excluding carboxylic acids is 1. The van der Waals surface area contributed by atoms with Crippen molar-refractivity contribution >= 4 is 28.7 Å². The summed E-state index contributed by atoms with van der Waals surface area (Å²) in [6.45, 7) is 1.97. The van der Waals surface area contributed by atoms with Gasteiger partial charge in [-0.05, 0) is 42.1 Å². The zero-order valence-electron chi connectivity index (χ0n) is 14.6. The number of para-hydroxylation sites is 1. The van der Waals surface area contributed by atoms with E-state index < -0.39 is 0 Å². The number of amides is 1. The molecule has 0 spiro atoms. The lowest BCUT2D eigenvalue weighted by Crippen LogP contribution is -2.28. The van der Waals surface area contributed by atoms with E-state index in [0.717, 1.165) is 16.6 Å². The van der Waals surface area contributed by atoms with Crippen LogP contribution in [0.25, 0.3) is 17.0 Å². The second-order valence-electron chi connectivity index (χ2n) is 6.08. The molecule has 2 heterocycles. The number of aromatic nitrogens is 2. The van der Waals surface area contributed by atoms with Crippen LogP contribution in [0.4, 0.5) is 5.82 Å². The Balaban J connectivity index is 1.75. The molecule has 6 heteroatoms. The monoisotopic (exact) mass is 345 g/mol. The number of nitriles is 1. The largest absolute Gasteiger partial charge is 0.383 e. The molecule has 1 atom stereocenters. The van der Waals surface area contributed by atoms with E-state index >= 15 is 0 Å². The summed E-state index contributed by atoms with van der Waals surface area (Å²) < 4.78 is 0. The number of nitrogen functional groups attached to an aromatic ring is 1. The van der Waals surface area contributed by atoms with Crippen LogP contribution in [0.3, 0.4) is 0 Å². The summed E-state index contributed by atoms with van der Waals surface area (Å²) >= 11 is 0. The van der Waals surface area contributed by atoms with Gasteiger partial charge in [0.25, 0.3) is 0 Å². The lowest BCUT2D eigenvalue weighted by atomic mass is 10.1. The number of carbonyl (C=O) groups is 1. The molecular weight excluding hydrogens is 326 g/mol. The molecule has 3 aromatic rings. The number of rotatable bonds is 4. The minimum absolute atomic E-state index is 0.112. The van der Waals surface area contributed by atoms with Crippen molar-refractivity contribution in [2.45, 2.75) is 13.0 Å². The van der Waals surface area contributed by atoms with Crippen LogP contribution < -0.4 is 5.73 Å². The third kappa shape index (κ3) is 3.42. The number of pyridine rings is 1. The van der Waals surface area contributed by atoms with Crippen molar-refractivity contribution in [2.24, 2.45) is 0 Å². The highest BCUT2D eigenvalue weighted by Crippen LogP contribution is 2.23. The Morgan fingerprint density at radius 1 is 1.38 bits per heavy atom. The van der Waals surface area contributed by atoms with Gasteiger partial charge in [-0.1, -0.05) is 18.2 Å². The van der Waals surface area contributed by atoms with E-state index in [2.05, 4.69) is 16.0 Å². The molecule has 3 N–H and O–H groups in total. The molecule has 0 saturated carbocycles. The van der Waals surface area contributed by atoms with Gasteiger partial charge in [-0.3, -0.25) is 4.79 Å². The highest BCUT2D eigenvalue weighted by atomic mass is 16.2. The van der Waals surface area contributed by atoms with E-state index in [9.17, 15) is 4.79 Å². The summed E-state index contributed by atoms with van der Waals surface area (Å²) in [6.07, 6.45) is 4.62. The fourth-order valence-electron chi connectivity index (χ4n) is 2.68. The minimum atomic E-state index is -0.147. The van der Waals surface area contributed by atoms with Gasteiger partial charge < -0.3 is 15.6 Å². The van der Waals surface area contributed by atoms with Gasteiger partial charge in [0, 0.05) is 30.5 Å². The lowest BCUT2D eigenvalue weighted by Gasteiger charge is -2.22. The van der Waals surface area contributed by atoms with Crippen molar-refractivity contribution in [1.82, 2.24) is 14.9 Å². The third-order valence-corrected chi connectivity index (χ3v) is 4.41. The Morgan fingerprint density at radius 2 is 2.15 bits per heavy atom. The van der Waals surface area contributed by atoms with Gasteiger partial charge in [-0.15, -0.1) is 0 Å². The van der Waals surface area contributed by atoms with Crippen LogP contribution in [0.2, 0.25) is 0 Å². The quantitative estimate of drug-likeness (QED) is 0.709. The van der Waals surface area contributed by atoms with Gasteiger partial charge >= 0.3 is 0 Å². The summed E-state index contributed by atoms with van der Waals surface area (Å²) in [4.78, 5) is 21.4. The van der Waals surface area contributed by atoms with E-state index in [1.807, 2.05) is 37.3 Å². The average Bonchev–Trinajstić information content (AvgIpc) is 3.10. The standard InChI is InChI=1S/C20H19N5O/c1-13(18-10-15-5-3-4-6-17(15)24-18)25(2)19(26)8-7-14-9-16(11-21)20(22)23-12-14/h3-10,12-13,24H,1-2H3,(H2,22,23)/b8-7+.